The van der Waals surface area contributed by atoms with Crippen LogP contribution in [0.2, 0.25) is 0 Å². The molecule has 0 bridgehead atoms. The fourth-order valence-electron chi connectivity index (χ4n) is 4.83. The first-order valence-corrected chi connectivity index (χ1v) is 9.16. The number of nitrogens with zero attached hydrogens (tertiary/aromatic N) is 4. The van der Waals surface area contributed by atoms with Gasteiger partial charge in [0.25, 0.3) is 0 Å². The minimum absolute atomic E-state index is 0.716. The largest absolute Gasteiger partial charge is 0.356 e. The van der Waals surface area contributed by atoms with Gasteiger partial charge in [0, 0.05) is 31.7 Å². The molecule has 2 aliphatic heterocycles. The number of aromatic nitrogens is 2. The van der Waals surface area contributed by atoms with Crippen molar-refractivity contribution in [3.63, 3.8) is 0 Å². The molecule has 0 radical (unpaired) electrons. The van der Waals surface area contributed by atoms with Crippen LogP contribution in [0.25, 0.3) is 0 Å². The highest BCUT2D eigenvalue weighted by atomic mass is 15.3. The molecule has 0 amide bonds. The van der Waals surface area contributed by atoms with E-state index in [0.29, 0.717) is 6.04 Å². The van der Waals surface area contributed by atoms with Crippen molar-refractivity contribution in [1.29, 1.82) is 0 Å². The van der Waals surface area contributed by atoms with E-state index in [-0.39, 0.29) is 0 Å². The average Bonchev–Trinajstić information content (AvgIpc) is 2.93. The second-order valence-electron chi connectivity index (χ2n) is 7.43. The lowest BCUT2D eigenvalue weighted by molar-refractivity contribution is 0.293. The van der Waals surface area contributed by atoms with Crippen molar-refractivity contribution in [1.82, 2.24) is 9.97 Å². The van der Waals surface area contributed by atoms with Crippen LogP contribution in [0.1, 0.15) is 51.9 Å². The zero-order valence-electron chi connectivity index (χ0n) is 13.7. The summed E-state index contributed by atoms with van der Waals surface area (Å²) in [6.45, 7) is 5.90. The van der Waals surface area contributed by atoms with Crippen molar-refractivity contribution in [2.24, 2.45) is 11.8 Å². The van der Waals surface area contributed by atoms with Crippen molar-refractivity contribution < 1.29 is 0 Å². The Labute approximate surface area is 133 Å². The Kier molecular flexibility index (Phi) is 3.93. The molecule has 4 nitrogen and oxygen atoms in total. The van der Waals surface area contributed by atoms with Crippen LogP contribution < -0.4 is 9.80 Å². The normalized spacial score (nSPS) is 32.1. The van der Waals surface area contributed by atoms with E-state index in [2.05, 4.69) is 32.8 Å². The molecular formula is C18H28N4. The third-order valence-electron chi connectivity index (χ3n) is 6.01. The highest BCUT2D eigenvalue weighted by Gasteiger charge is 2.41. The van der Waals surface area contributed by atoms with Gasteiger partial charge in [0.1, 0.15) is 18.0 Å². The molecule has 3 fully saturated rings. The second-order valence-corrected chi connectivity index (χ2v) is 7.43. The van der Waals surface area contributed by atoms with Gasteiger partial charge in [-0.3, -0.25) is 0 Å². The van der Waals surface area contributed by atoms with Gasteiger partial charge < -0.3 is 9.80 Å². The van der Waals surface area contributed by atoms with Crippen LogP contribution in [0.4, 0.5) is 11.6 Å². The molecule has 1 aromatic rings. The Bertz CT molecular complexity index is 512. The smallest absolute Gasteiger partial charge is 0.134 e. The topological polar surface area (TPSA) is 32.3 Å². The van der Waals surface area contributed by atoms with Crippen LogP contribution in [-0.2, 0) is 0 Å². The summed E-state index contributed by atoms with van der Waals surface area (Å²) >= 11 is 0. The quantitative estimate of drug-likeness (QED) is 0.837. The minimum Gasteiger partial charge on any atom is -0.356 e. The molecule has 120 valence electrons. The molecule has 3 heterocycles. The van der Waals surface area contributed by atoms with Gasteiger partial charge in [0.2, 0.25) is 0 Å². The summed E-state index contributed by atoms with van der Waals surface area (Å²) in [5.41, 5.74) is 0. The maximum atomic E-state index is 4.63. The Hall–Kier alpha value is -1.32. The van der Waals surface area contributed by atoms with Gasteiger partial charge in [-0.15, -0.1) is 0 Å². The van der Waals surface area contributed by atoms with Crippen molar-refractivity contribution in [2.45, 2.75) is 57.9 Å². The molecule has 3 atom stereocenters. The van der Waals surface area contributed by atoms with Crippen LogP contribution in [0, 0.1) is 11.8 Å². The maximum absolute atomic E-state index is 4.63. The first-order chi connectivity index (χ1) is 10.8. The number of anilines is 2. The Morgan fingerprint density at radius 2 is 1.73 bits per heavy atom. The molecule has 2 saturated heterocycles. The van der Waals surface area contributed by atoms with Gasteiger partial charge in [-0.1, -0.05) is 19.8 Å². The lowest BCUT2D eigenvalue weighted by Crippen LogP contribution is -2.36. The van der Waals surface area contributed by atoms with E-state index in [1.165, 1.54) is 51.5 Å². The molecule has 0 spiro atoms. The molecule has 1 saturated carbocycles. The average molecular weight is 300 g/mol. The number of rotatable bonds is 2. The van der Waals surface area contributed by atoms with Gasteiger partial charge in [-0.2, -0.15) is 0 Å². The molecule has 4 rings (SSSR count). The van der Waals surface area contributed by atoms with E-state index in [1.54, 1.807) is 6.33 Å². The number of hydrogen-bond acceptors (Lipinski definition) is 4. The highest BCUT2D eigenvalue weighted by Crippen LogP contribution is 2.41. The zero-order chi connectivity index (χ0) is 14.9. The van der Waals surface area contributed by atoms with Gasteiger partial charge in [-0.05, 0) is 43.9 Å². The molecule has 4 heteroatoms. The predicted octanol–water partition coefficient (Wildman–Crippen LogP) is 3.48. The monoisotopic (exact) mass is 300 g/mol. The molecular weight excluding hydrogens is 272 g/mol. The fraction of sp³-hybridized carbons (Fsp3) is 0.778. The lowest BCUT2D eigenvalue weighted by Gasteiger charge is -2.33. The molecule has 0 aromatic carbocycles. The molecule has 3 unspecified atom stereocenters. The molecule has 1 aromatic heterocycles. The van der Waals surface area contributed by atoms with Gasteiger partial charge in [0.05, 0.1) is 0 Å². The van der Waals surface area contributed by atoms with Crippen molar-refractivity contribution in [2.75, 3.05) is 29.4 Å². The Morgan fingerprint density at radius 1 is 0.955 bits per heavy atom. The van der Waals surface area contributed by atoms with Crippen LogP contribution >= 0.6 is 0 Å². The van der Waals surface area contributed by atoms with E-state index < -0.39 is 0 Å². The van der Waals surface area contributed by atoms with Crippen molar-refractivity contribution in [3.8, 4) is 0 Å². The van der Waals surface area contributed by atoms with E-state index in [9.17, 15) is 0 Å². The summed E-state index contributed by atoms with van der Waals surface area (Å²) in [5.74, 6) is 3.98. The Morgan fingerprint density at radius 3 is 2.59 bits per heavy atom. The predicted molar refractivity (Wildman–Crippen MR) is 90.4 cm³/mol. The molecule has 3 aliphatic rings. The maximum Gasteiger partial charge on any atom is 0.134 e. The second kappa shape index (κ2) is 6.05. The summed E-state index contributed by atoms with van der Waals surface area (Å²) in [6.07, 6.45) is 11.3. The third-order valence-corrected chi connectivity index (χ3v) is 6.01. The standard InChI is InChI=1S/C18H28N4/c1-14-12-22(16-8-4-3-7-15(14)16)18-11-17(19-13-20-18)21-9-5-2-6-10-21/h11,13-16H,2-10,12H2,1H3. The lowest BCUT2D eigenvalue weighted by atomic mass is 9.80. The summed E-state index contributed by atoms with van der Waals surface area (Å²) in [4.78, 5) is 14.2. The SMILES string of the molecule is CC1CN(c2cc(N3CCCCC3)ncn2)C2CCCCC12. The van der Waals surface area contributed by atoms with Crippen LogP contribution in [0.5, 0.6) is 0 Å². The third kappa shape index (κ3) is 2.57. The molecule has 1 aliphatic carbocycles. The number of hydrogen-bond donors (Lipinski definition) is 0. The van der Waals surface area contributed by atoms with Crippen LogP contribution in [0.15, 0.2) is 12.4 Å². The first-order valence-electron chi connectivity index (χ1n) is 9.16. The van der Waals surface area contributed by atoms with Crippen molar-refractivity contribution in [3.05, 3.63) is 12.4 Å². The number of piperidine rings is 1. The van der Waals surface area contributed by atoms with Gasteiger partial charge in [0.15, 0.2) is 0 Å². The summed E-state index contributed by atoms with van der Waals surface area (Å²) in [7, 11) is 0. The summed E-state index contributed by atoms with van der Waals surface area (Å²) < 4.78 is 0. The van der Waals surface area contributed by atoms with Gasteiger partial charge >= 0.3 is 0 Å². The molecule has 0 N–H and O–H groups in total. The number of fused-ring (bicyclic) bond motifs is 1. The van der Waals surface area contributed by atoms with Crippen molar-refractivity contribution >= 4 is 11.6 Å². The van der Waals surface area contributed by atoms with Crippen LogP contribution in [0.3, 0.4) is 0 Å². The zero-order valence-corrected chi connectivity index (χ0v) is 13.7. The first kappa shape index (κ1) is 14.3. The highest BCUT2D eigenvalue weighted by molar-refractivity contribution is 5.52. The van der Waals surface area contributed by atoms with Crippen LogP contribution in [-0.4, -0.2) is 35.6 Å². The van der Waals surface area contributed by atoms with Gasteiger partial charge in [-0.25, -0.2) is 9.97 Å². The fourth-order valence-corrected chi connectivity index (χ4v) is 4.83. The minimum atomic E-state index is 0.716. The van der Waals surface area contributed by atoms with E-state index in [1.807, 2.05) is 0 Å². The Balaban J connectivity index is 1.57. The van der Waals surface area contributed by atoms with E-state index in [4.69, 9.17) is 0 Å². The van der Waals surface area contributed by atoms with E-state index >= 15 is 0 Å². The summed E-state index contributed by atoms with van der Waals surface area (Å²) in [5, 5.41) is 0. The van der Waals surface area contributed by atoms with E-state index in [0.717, 1.165) is 36.6 Å². The summed E-state index contributed by atoms with van der Waals surface area (Å²) in [6, 6.07) is 2.96. The molecule has 22 heavy (non-hydrogen) atoms.